The molecule has 21 heavy (non-hydrogen) atoms. The predicted octanol–water partition coefficient (Wildman–Crippen LogP) is 0.922. The van der Waals surface area contributed by atoms with E-state index in [1.54, 1.807) is 11.8 Å². The second-order valence-electron chi connectivity index (χ2n) is 4.19. The predicted molar refractivity (Wildman–Crippen MR) is 85.6 cm³/mol. The summed E-state index contributed by atoms with van der Waals surface area (Å²) in [6, 6.07) is 3.63. The van der Waals surface area contributed by atoms with E-state index in [0.29, 0.717) is 23.4 Å². The van der Waals surface area contributed by atoms with Crippen LogP contribution in [0.3, 0.4) is 0 Å². The fraction of sp³-hybridized carbons (Fsp3) is 0.308. The van der Waals surface area contributed by atoms with Gasteiger partial charge in [-0.25, -0.2) is 9.79 Å². The van der Waals surface area contributed by atoms with Crippen molar-refractivity contribution >= 4 is 35.6 Å². The molecule has 6 N–H and O–H groups in total. The van der Waals surface area contributed by atoms with Crippen molar-refractivity contribution < 1.29 is 15.0 Å². The zero-order chi connectivity index (χ0) is 15.8. The minimum absolute atomic E-state index is 0.0256. The molecule has 1 rings (SSSR count). The standard InChI is InChI=1S/C13H18N4O3S/c1-21-5-4-10(12(19)20)16-7-8-6-9(17-13(14)15)2-3-11(8)18/h2-3,6-7,10,18H,4-5H2,1H3,(H,19,20)(H4,14,15,17)/t10-/m0/s1. The second-order valence-corrected chi connectivity index (χ2v) is 5.18. The molecule has 0 aliphatic carbocycles. The highest BCUT2D eigenvalue weighted by molar-refractivity contribution is 7.98. The molecule has 0 spiro atoms. The first kappa shape index (κ1) is 16.8. The summed E-state index contributed by atoms with van der Waals surface area (Å²) in [6.07, 6.45) is 3.63. The lowest BCUT2D eigenvalue weighted by atomic mass is 10.2. The van der Waals surface area contributed by atoms with Crippen LogP contribution in [0.1, 0.15) is 12.0 Å². The first-order valence-corrected chi connectivity index (χ1v) is 7.51. The van der Waals surface area contributed by atoms with Crippen LogP contribution in [-0.4, -0.2) is 46.4 Å². The molecule has 0 fully saturated rings. The third kappa shape index (κ3) is 5.74. The van der Waals surface area contributed by atoms with Crippen molar-refractivity contribution in [2.24, 2.45) is 21.5 Å². The average molecular weight is 310 g/mol. The van der Waals surface area contributed by atoms with Gasteiger partial charge >= 0.3 is 5.97 Å². The third-order valence-corrected chi connectivity index (χ3v) is 3.19. The van der Waals surface area contributed by atoms with Gasteiger partial charge in [-0.1, -0.05) is 0 Å². The number of carboxylic acids is 1. The number of phenolic OH excluding ortho intramolecular Hbond substituents is 1. The van der Waals surface area contributed by atoms with Crippen molar-refractivity contribution in [3.8, 4) is 5.75 Å². The lowest BCUT2D eigenvalue weighted by Gasteiger charge is -2.06. The Morgan fingerprint density at radius 3 is 2.76 bits per heavy atom. The average Bonchev–Trinajstić information content (AvgIpc) is 2.41. The first-order valence-electron chi connectivity index (χ1n) is 6.11. The molecule has 8 heteroatoms. The number of hydrogen-bond acceptors (Lipinski definition) is 5. The number of aliphatic carboxylic acids is 1. The van der Waals surface area contributed by atoms with Gasteiger partial charge in [0.15, 0.2) is 5.96 Å². The number of nitrogens with zero attached hydrogens (tertiary/aromatic N) is 2. The van der Waals surface area contributed by atoms with E-state index in [2.05, 4.69) is 9.98 Å². The molecule has 0 amide bonds. The van der Waals surface area contributed by atoms with Gasteiger partial charge < -0.3 is 21.7 Å². The second kappa shape index (κ2) is 8.15. The van der Waals surface area contributed by atoms with Crippen molar-refractivity contribution in [2.45, 2.75) is 12.5 Å². The van der Waals surface area contributed by atoms with Crippen molar-refractivity contribution in [3.63, 3.8) is 0 Å². The highest BCUT2D eigenvalue weighted by Gasteiger charge is 2.14. The Hall–Kier alpha value is -2.22. The number of carbonyl (C=O) groups is 1. The van der Waals surface area contributed by atoms with E-state index < -0.39 is 12.0 Å². The molecule has 0 unspecified atom stereocenters. The van der Waals surface area contributed by atoms with Crippen molar-refractivity contribution in [1.82, 2.24) is 0 Å². The summed E-state index contributed by atoms with van der Waals surface area (Å²) in [6.45, 7) is 0. The van der Waals surface area contributed by atoms with Crippen LogP contribution in [-0.2, 0) is 4.79 Å². The van der Waals surface area contributed by atoms with Crippen molar-refractivity contribution in [3.05, 3.63) is 23.8 Å². The Morgan fingerprint density at radius 1 is 1.48 bits per heavy atom. The van der Waals surface area contributed by atoms with Gasteiger partial charge in [-0.2, -0.15) is 11.8 Å². The minimum atomic E-state index is -1.000. The molecule has 0 bridgehead atoms. The molecule has 0 radical (unpaired) electrons. The van der Waals surface area contributed by atoms with Crippen LogP contribution in [0.5, 0.6) is 5.75 Å². The molecule has 1 atom stereocenters. The molecule has 0 aliphatic heterocycles. The van der Waals surface area contributed by atoms with Crippen LogP contribution in [0.2, 0.25) is 0 Å². The lowest BCUT2D eigenvalue weighted by molar-refractivity contribution is -0.138. The molecule has 0 saturated heterocycles. The summed E-state index contributed by atoms with van der Waals surface area (Å²) >= 11 is 1.55. The Labute approximate surface area is 126 Å². The number of rotatable bonds is 7. The van der Waals surface area contributed by atoms with Crippen LogP contribution in [0.4, 0.5) is 5.69 Å². The fourth-order valence-corrected chi connectivity index (χ4v) is 1.98. The van der Waals surface area contributed by atoms with Crippen LogP contribution in [0.25, 0.3) is 0 Å². The van der Waals surface area contributed by atoms with Gasteiger partial charge in [0.05, 0.1) is 5.69 Å². The summed E-state index contributed by atoms with van der Waals surface area (Å²) < 4.78 is 0. The molecule has 0 aromatic heterocycles. The van der Waals surface area contributed by atoms with Gasteiger partial charge in [-0.05, 0) is 36.6 Å². The van der Waals surface area contributed by atoms with Gasteiger partial charge in [-0.15, -0.1) is 0 Å². The number of guanidine groups is 1. The lowest BCUT2D eigenvalue weighted by Crippen LogP contribution is -2.21. The maximum atomic E-state index is 11.1. The highest BCUT2D eigenvalue weighted by Crippen LogP contribution is 2.22. The molecule has 0 saturated carbocycles. The molecular formula is C13H18N4O3S. The highest BCUT2D eigenvalue weighted by atomic mass is 32.2. The van der Waals surface area contributed by atoms with Gasteiger partial charge in [0.1, 0.15) is 11.8 Å². The first-order chi connectivity index (χ1) is 9.93. The topological polar surface area (TPSA) is 134 Å². The Bertz CT molecular complexity index is 556. The maximum absolute atomic E-state index is 11.1. The van der Waals surface area contributed by atoms with E-state index in [-0.39, 0.29) is 11.7 Å². The quantitative estimate of drug-likeness (QED) is 0.437. The number of phenols is 1. The monoisotopic (exact) mass is 310 g/mol. The Morgan fingerprint density at radius 2 is 2.19 bits per heavy atom. The number of aromatic hydroxyl groups is 1. The number of thioether (sulfide) groups is 1. The Balaban J connectivity index is 2.96. The summed E-state index contributed by atoms with van der Waals surface area (Å²) in [5, 5.41) is 18.8. The molecule has 114 valence electrons. The van der Waals surface area contributed by atoms with Crippen molar-refractivity contribution in [2.75, 3.05) is 12.0 Å². The van der Waals surface area contributed by atoms with E-state index in [1.165, 1.54) is 24.4 Å². The Kier molecular flexibility index (Phi) is 6.54. The smallest absolute Gasteiger partial charge is 0.328 e. The fourth-order valence-electron chi connectivity index (χ4n) is 1.53. The van der Waals surface area contributed by atoms with Crippen LogP contribution >= 0.6 is 11.8 Å². The summed E-state index contributed by atoms with van der Waals surface area (Å²) in [5.74, 6) is -0.441. The molecule has 7 nitrogen and oxygen atoms in total. The maximum Gasteiger partial charge on any atom is 0.328 e. The number of benzene rings is 1. The largest absolute Gasteiger partial charge is 0.507 e. The van der Waals surface area contributed by atoms with E-state index in [9.17, 15) is 9.90 Å². The number of aliphatic imine (C=N–C) groups is 2. The number of carboxylic acid groups (broad SMARTS) is 1. The summed E-state index contributed by atoms with van der Waals surface area (Å²) in [5.41, 5.74) is 11.4. The minimum Gasteiger partial charge on any atom is -0.507 e. The molecule has 1 aromatic rings. The molecule has 1 aromatic carbocycles. The van der Waals surface area contributed by atoms with Crippen molar-refractivity contribution in [1.29, 1.82) is 0 Å². The van der Waals surface area contributed by atoms with Crippen LogP contribution in [0.15, 0.2) is 28.2 Å². The van der Waals surface area contributed by atoms with E-state index in [1.807, 2.05) is 6.26 Å². The van der Waals surface area contributed by atoms with Gasteiger partial charge in [0.25, 0.3) is 0 Å². The molecular weight excluding hydrogens is 292 g/mol. The van der Waals surface area contributed by atoms with Gasteiger partial charge in [0.2, 0.25) is 0 Å². The van der Waals surface area contributed by atoms with E-state index in [4.69, 9.17) is 16.6 Å². The van der Waals surface area contributed by atoms with Gasteiger partial charge in [0, 0.05) is 11.8 Å². The number of hydrogen-bond donors (Lipinski definition) is 4. The normalized spacial score (nSPS) is 12.2. The van der Waals surface area contributed by atoms with Gasteiger partial charge in [-0.3, -0.25) is 4.99 Å². The van der Waals surface area contributed by atoms with E-state index >= 15 is 0 Å². The van der Waals surface area contributed by atoms with E-state index in [0.717, 1.165) is 0 Å². The third-order valence-electron chi connectivity index (χ3n) is 2.54. The zero-order valence-electron chi connectivity index (χ0n) is 11.6. The molecule has 0 aliphatic rings. The molecule has 0 heterocycles. The van der Waals surface area contributed by atoms with Crippen LogP contribution in [0, 0.1) is 0 Å². The summed E-state index contributed by atoms with van der Waals surface area (Å²) in [7, 11) is 0. The summed E-state index contributed by atoms with van der Waals surface area (Å²) in [4.78, 5) is 18.9. The number of nitrogens with two attached hydrogens (primary N) is 2. The van der Waals surface area contributed by atoms with Crippen LogP contribution < -0.4 is 11.5 Å². The zero-order valence-corrected chi connectivity index (χ0v) is 12.4. The SMILES string of the molecule is CSCC[C@H](N=Cc1cc(N=C(N)N)ccc1O)C(=O)O.